The van der Waals surface area contributed by atoms with E-state index in [1.165, 1.54) is 6.07 Å². The molecule has 0 unspecified atom stereocenters. The third-order valence-electron chi connectivity index (χ3n) is 1.53. The molecule has 1 heterocycles. The Balaban J connectivity index is 2.63. The highest BCUT2D eigenvalue weighted by Crippen LogP contribution is 2.25. The van der Waals surface area contributed by atoms with Crippen molar-refractivity contribution in [1.29, 1.82) is 0 Å². The first kappa shape index (κ1) is 12.5. The predicted molar refractivity (Wildman–Crippen MR) is 62.6 cm³/mol. The summed E-state index contributed by atoms with van der Waals surface area (Å²) < 4.78 is 26.3. The van der Waals surface area contributed by atoms with Gasteiger partial charge in [0, 0.05) is 13.0 Å². The van der Waals surface area contributed by atoms with Gasteiger partial charge in [-0.3, -0.25) is 0 Å². The van der Waals surface area contributed by atoms with Gasteiger partial charge in [0.15, 0.2) is 0 Å². The van der Waals surface area contributed by atoms with Crippen molar-refractivity contribution < 1.29 is 8.42 Å². The lowest BCUT2D eigenvalue weighted by molar-refractivity contribution is 0.584. The second-order valence-electron chi connectivity index (χ2n) is 2.63. The zero-order valence-electron chi connectivity index (χ0n) is 8.08. The zero-order chi connectivity index (χ0) is 11.3. The SMILES string of the molecule is CC#CCCNS(=O)(=O)c1ccc(Cl)s1. The quantitative estimate of drug-likeness (QED) is 0.668. The minimum atomic E-state index is -3.40. The summed E-state index contributed by atoms with van der Waals surface area (Å²) in [7, 11) is -3.40. The topological polar surface area (TPSA) is 46.2 Å². The molecule has 0 bridgehead atoms. The third kappa shape index (κ3) is 3.84. The number of nitrogens with one attached hydrogen (secondary N) is 1. The fraction of sp³-hybridized carbons (Fsp3) is 0.333. The minimum Gasteiger partial charge on any atom is -0.209 e. The second kappa shape index (κ2) is 5.52. The molecular formula is C9H10ClNO2S2. The molecule has 0 aliphatic heterocycles. The summed E-state index contributed by atoms with van der Waals surface area (Å²) in [4.78, 5) is 0. The maximum Gasteiger partial charge on any atom is 0.250 e. The lowest BCUT2D eigenvalue weighted by Gasteiger charge is -2.01. The van der Waals surface area contributed by atoms with Gasteiger partial charge in [-0.1, -0.05) is 11.6 Å². The van der Waals surface area contributed by atoms with Crippen molar-refractivity contribution in [2.75, 3.05) is 6.54 Å². The molecule has 1 aromatic rings. The summed E-state index contributed by atoms with van der Waals surface area (Å²) in [5.41, 5.74) is 0. The third-order valence-corrected chi connectivity index (χ3v) is 4.72. The zero-order valence-corrected chi connectivity index (χ0v) is 10.5. The van der Waals surface area contributed by atoms with Crippen LogP contribution in [-0.2, 0) is 10.0 Å². The number of hydrogen-bond acceptors (Lipinski definition) is 3. The van der Waals surface area contributed by atoms with Crippen molar-refractivity contribution >= 4 is 33.0 Å². The molecule has 82 valence electrons. The number of hydrogen-bond donors (Lipinski definition) is 1. The Morgan fingerprint density at radius 2 is 2.27 bits per heavy atom. The summed E-state index contributed by atoms with van der Waals surface area (Å²) in [5.74, 6) is 5.47. The van der Waals surface area contributed by atoms with Crippen LogP contribution in [0.4, 0.5) is 0 Å². The maximum atomic E-state index is 11.6. The van der Waals surface area contributed by atoms with Gasteiger partial charge in [0.05, 0.1) is 4.34 Å². The molecule has 0 aliphatic carbocycles. The van der Waals surface area contributed by atoms with Crippen LogP contribution >= 0.6 is 22.9 Å². The molecule has 1 aromatic heterocycles. The Morgan fingerprint density at radius 3 is 2.80 bits per heavy atom. The summed E-state index contributed by atoms with van der Waals surface area (Å²) in [6, 6.07) is 3.05. The molecule has 3 nitrogen and oxygen atoms in total. The van der Waals surface area contributed by atoms with Gasteiger partial charge in [-0.25, -0.2) is 13.1 Å². The second-order valence-corrected chi connectivity index (χ2v) is 6.34. The Hall–Kier alpha value is -0.540. The van der Waals surface area contributed by atoms with Crippen LogP contribution in [0.2, 0.25) is 4.34 Å². The standard InChI is InChI=1S/C9H10ClNO2S2/c1-2-3-4-7-11-15(12,13)9-6-5-8(10)14-9/h5-6,11H,4,7H2,1H3. The average Bonchev–Trinajstić information content (AvgIpc) is 2.60. The van der Waals surface area contributed by atoms with E-state index >= 15 is 0 Å². The molecule has 15 heavy (non-hydrogen) atoms. The van der Waals surface area contributed by atoms with Crippen molar-refractivity contribution in [3.8, 4) is 11.8 Å². The Bertz CT molecular complexity index is 482. The van der Waals surface area contributed by atoms with E-state index in [1.807, 2.05) is 0 Å². The molecule has 0 aromatic carbocycles. The van der Waals surface area contributed by atoms with Crippen molar-refractivity contribution in [2.45, 2.75) is 17.6 Å². The molecule has 0 fully saturated rings. The number of thiophene rings is 1. The Labute approximate surface area is 98.5 Å². The van der Waals surface area contributed by atoms with Gasteiger partial charge in [0.2, 0.25) is 10.0 Å². The van der Waals surface area contributed by atoms with E-state index in [2.05, 4.69) is 16.6 Å². The number of halogens is 1. The van der Waals surface area contributed by atoms with Gasteiger partial charge in [0.1, 0.15) is 4.21 Å². The number of rotatable bonds is 4. The van der Waals surface area contributed by atoms with Crippen LogP contribution < -0.4 is 4.72 Å². The fourth-order valence-corrected chi connectivity index (χ4v) is 3.45. The van der Waals surface area contributed by atoms with E-state index in [1.54, 1.807) is 13.0 Å². The van der Waals surface area contributed by atoms with E-state index in [0.717, 1.165) is 11.3 Å². The van der Waals surface area contributed by atoms with Crippen molar-refractivity contribution in [3.05, 3.63) is 16.5 Å². The molecule has 6 heteroatoms. The van der Waals surface area contributed by atoms with Crippen molar-refractivity contribution in [2.24, 2.45) is 0 Å². The molecule has 0 atom stereocenters. The Kier molecular flexibility index (Phi) is 4.61. The van der Waals surface area contributed by atoms with E-state index < -0.39 is 10.0 Å². The van der Waals surface area contributed by atoms with Gasteiger partial charge in [-0.05, 0) is 19.1 Å². The molecule has 1 N–H and O–H groups in total. The monoisotopic (exact) mass is 263 g/mol. The lowest BCUT2D eigenvalue weighted by atomic mass is 10.4. The molecule has 0 amide bonds. The molecule has 1 rings (SSSR count). The summed E-state index contributed by atoms with van der Waals surface area (Å²) >= 11 is 6.69. The molecule has 0 saturated carbocycles. The van der Waals surface area contributed by atoms with E-state index in [-0.39, 0.29) is 4.21 Å². The smallest absolute Gasteiger partial charge is 0.209 e. The average molecular weight is 264 g/mol. The van der Waals surface area contributed by atoms with Crippen LogP contribution in [-0.4, -0.2) is 15.0 Å². The van der Waals surface area contributed by atoms with Crippen LogP contribution in [0.5, 0.6) is 0 Å². The van der Waals surface area contributed by atoms with Crippen LogP contribution in [0.25, 0.3) is 0 Å². The van der Waals surface area contributed by atoms with Gasteiger partial charge in [-0.2, -0.15) is 0 Å². The van der Waals surface area contributed by atoms with E-state index in [0.29, 0.717) is 17.3 Å². The van der Waals surface area contributed by atoms with Crippen molar-refractivity contribution in [3.63, 3.8) is 0 Å². The van der Waals surface area contributed by atoms with Gasteiger partial charge < -0.3 is 0 Å². The molecule has 0 aliphatic rings. The van der Waals surface area contributed by atoms with E-state index in [4.69, 9.17) is 11.6 Å². The van der Waals surface area contributed by atoms with Gasteiger partial charge in [0.25, 0.3) is 0 Å². The first-order chi connectivity index (χ1) is 7.06. The largest absolute Gasteiger partial charge is 0.250 e. The lowest BCUT2D eigenvalue weighted by Crippen LogP contribution is -2.23. The normalized spacial score (nSPS) is 10.8. The highest BCUT2D eigenvalue weighted by atomic mass is 35.5. The molecule has 0 spiro atoms. The highest BCUT2D eigenvalue weighted by molar-refractivity contribution is 7.91. The van der Waals surface area contributed by atoms with Gasteiger partial charge in [-0.15, -0.1) is 23.2 Å². The fourth-order valence-electron chi connectivity index (χ4n) is 0.886. The first-order valence-electron chi connectivity index (χ1n) is 4.21. The summed E-state index contributed by atoms with van der Waals surface area (Å²) in [6.07, 6.45) is 0.509. The van der Waals surface area contributed by atoms with Gasteiger partial charge >= 0.3 is 0 Å². The van der Waals surface area contributed by atoms with Crippen LogP contribution in [0.15, 0.2) is 16.3 Å². The van der Waals surface area contributed by atoms with E-state index in [9.17, 15) is 8.42 Å². The van der Waals surface area contributed by atoms with Crippen LogP contribution in [0.3, 0.4) is 0 Å². The molecular weight excluding hydrogens is 254 g/mol. The maximum absolute atomic E-state index is 11.6. The highest BCUT2D eigenvalue weighted by Gasteiger charge is 2.15. The molecule has 0 radical (unpaired) electrons. The summed E-state index contributed by atoms with van der Waals surface area (Å²) in [5, 5.41) is 0. The summed E-state index contributed by atoms with van der Waals surface area (Å²) in [6.45, 7) is 2.03. The van der Waals surface area contributed by atoms with Crippen LogP contribution in [0, 0.1) is 11.8 Å². The Morgan fingerprint density at radius 1 is 1.53 bits per heavy atom. The first-order valence-corrected chi connectivity index (χ1v) is 6.88. The van der Waals surface area contributed by atoms with Crippen LogP contribution in [0.1, 0.15) is 13.3 Å². The predicted octanol–water partition coefficient (Wildman–Crippen LogP) is 2.09. The minimum absolute atomic E-state index is 0.233. The number of sulfonamides is 1. The molecule has 0 saturated heterocycles. The van der Waals surface area contributed by atoms with Crippen molar-refractivity contribution in [1.82, 2.24) is 4.72 Å².